The van der Waals surface area contributed by atoms with Crippen LogP contribution in [0, 0.1) is 11.7 Å². The van der Waals surface area contributed by atoms with E-state index < -0.39 is 5.92 Å². The van der Waals surface area contributed by atoms with Crippen LogP contribution in [0.1, 0.15) is 12.0 Å². The first kappa shape index (κ1) is 18.8. The standard InChI is InChI=1S/C20H21FN2O4/c1-26-13-22-20(25)15-10-19(24)23(11-15)17-5-7-18(8-6-17)27-12-14-3-2-4-16(21)9-14/h2-9,15H,10-13H2,1H3,(H,22,25)/t15-/m1/s1. The van der Waals surface area contributed by atoms with Gasteiger partial charge < -0.3 is 19.7 Å². The van der Waals surface area contributed by atoms with Gasteiger partial charge in [0.25, 0.3) is 0 Å². The molecule has 2 aromatic carbocycles. The SMILES string of the molecule is COCNC(=O)[C@@H]1CC(=O)N(c2ccc(OCc3cccc(F)c3)cc2)C1. The van der Waals surface area contributed by atoms with Crippen LogP contribution in [0.3, 0.4) is 0 Å². The van der Waals surface area contributed by atoms with Crippen molar-refractivity contribution in [2.75, 3.05) is 25.3 Å². The molecule has 0 aromatic heterocycles. The molecule has 0 spiro atoms. The molecular weight excluding hydrogens is 351 g/mol. The van der Waals surface area contributed by atoms with Crippen molar-refractivity contribution in [2.24, 2.45) is 5.92 Å². The number of hydrogen-bond donors (Lipinski definition) is 1. The summed E-state index contributed by atoms with van der Waals surface area (Å²) in [4.78, 5) is 25.8. The summed E-state index contributed by atoms with van der Waals surface area (Å²) in [5.74, 6) is -0.368. The van der Waals surface area contributed by atoms with Gasteiger partial charge in [-0.1, -0.05) is 12.1 Å². The van der Waals surface area contributed by atoms with Gasteiger partial charge in [-0.05, 0) is 42.0 Å². The highest BCUT2D eigenvalue weighted by Crippen LogP contribution is 2.27. The molecule has 0 bridgehead atoms. The first-order valence-corrected chi connectivity index (χ1v) is 8.61. The van der Waals surface area contributed by atoms with E-state index in [1.807, 2.05) is 0 Å². The van der Waals surface area contributed by atoms with Gasteiger partial charge in [-0.3, -0.25) is 9.59 Å². The summed E-state index contributed by atoms with van der Waals surface area (Å²) in [6, 6.07) is 13.3. The number of rotatable bonds is 7. The summed E-state index contributed by atoms with van der Waals surface area (Å²) in [5.41, 5.74) is 1.44. The maximum absolute atomic E-state index is 13.2. The lowest BCUT2D eigenvalue weighted by Crippen LogP contribution is -2.34. The number of carbonyl (C=O) groups is 2. The summed E-state index contributed by atoms with van der Waals surface area (Å²) in [6.45, 7) is 0.709. The minimum absolute atomic E-state index is 0.0963. The molecule has 2 amide bonds. The minimum atomic E-state index is -0.392. The molecular formula is C20H21FN2O4. The van der Waals surface area contributed by atoms with E-state index in [1.165, 1.54) is 19.2 Å². The van der Waals surface area contributed by atoms with E-state index in [0.717, 1.165) is 5.56 Å². The average molecular weight is 372 g/mol. The molecule has 2 aromatic rings. The zero-order valence-electron chi connectivity index (χ0n) is 15.0. The van der Waals surface area contributed by atoms with Crippen LogP contribution in [-0.4, -0.2) is 32.2 Å². The van der Waals surface area contributed by atoms with Crippen LogP contribution in [0.25, 0.3) is 0 Å². The molecule has 1 aliphatic heterocycles. The Balaban J connectivity index is 1.58. The Morgan fingerprint density at radius 1 is 1.26 bits per heavy atom. The number of methoxy groups -OCH3 is 1. The van der Waals surface area contributed by atoms with Gasteiger partial charge in [0.2, 0.25) is 11.8 Å². The van der Waals surface area contributed by atoms with E-state index in [9.17, 15) is 14.0 Å². The molecule has 7 heteroatoms. The van der Waals surface area contributed by atoms with Crippen molar-refractivity contribution in [3.05, 3.63) is 59.9 Å². The van der Waals surface area contributed by atoms with Crippen molar-refractivity contribution in [2.45, 2.75) is 13.0 Å². The fourth-order valence-electron chi connectivity index (χ4n) is 2.94. The van der Waals surface area contributed by atoms with Gasteiger partial charge in [-0.2, -0.15) is 0 Å². The van der Waals surface area contributed by atoms with Crippen LogP contribution in [0.15, 0.2) is 48.5 Å². The lowest BCUT2D eigenvalue weighted by atomic mass is 10.1. The van der Waals surface area contributed by atoms with Crippen LogP contribution >= 0.6 is 0 Å². The van der Waals surface area contributed by atoms with Gasteiger partial charge in [0.05, 0.1) is 5.92 Å². The molecule has 6 nitrogen and oxygen atoms in total. The molecule has 0 saturated carbocycles. The molecule has 1 fully saturated rings. The Kier molecular flexibility index (Phi) is 6.03. The third-order valence-electron chi connectivity index (χ3n) is 4.33. The summed E-state index contributed by atoms with van der Waals surface area (Å²) in [5, 5.41) is 2.63. The minimum Gasteiger partial charge on any atom is -0.489 e. The molecule has 0 unspecified atom stereocenters. The Morgan fingerprint density at radius 2 is 2.04 bits per heavy atom. The Bertz CT molecular complexity index is 810. The van der Waals surface area contributed by atoms with E-state index in [4.69, 9.17) is 9.47 Å². The van der Waals surface area contributed by atoms with Crippen molar-refractivity contribution in [1.29, 1.82) is 0 Å². The second-order valence-corrected chi connectivity index (χ2v) is 6.29. The van der Waals surface area contributed by atoms with Gasteiger partial charge in [-0.15, -0.1) is 0 Å². The molecule has 3 rings (SSSR count). The first-order chi connectivity index (χ1) is 13.1. The highest BCUT2D eigenvalue weighted by Gasteiger charge is 2.34. The zero-order chi connectivity index (χ0) is 19.2. The largest absolute Gasteiger partial charge is 0.489 e. The third kappa shape index (κ3) is 4.83. The maximum Gasteiger partial charge on any atom is 0.227 e. The van der Waals surface area contributed by atoms with Gasteiger partial charge in [0.15, 0.2) is 0 Å². The predicted molar refractivity (Wildman–Crippen MR) is 97.7 cm³/mol. The van der Waals surface area contributed by atoms with Crippen molar-refractivity contribution < 1.29 is 23.5 Å². The highest BCUT2D eigenvalue weighted by molar-refractivity contribution is 6.00. The lowest BCUT2D eigenvalue weighted by molar-refractivity contribution is -0.127. The molecule has 1 heterocycles. The number of ether oxygens (including phenoxy) is 2. The van der Waals surface area contributed by atoms with Gasteiger partial charge in [0.1, 0.15) is 24.9 Å². The van der Waals surface area contributed by atoms with Crippen LogP contribution in [0.5, 0.6) is 5.75 Å². The van der Waals surface area contributed by atoms with E-state index >= 15 is 0 Å². The summed E-state index contributed by atoms with van der Waals surface area (Å²) in [7, 11) is 1.49. The molecule has 0 aliphatic carbocycles. The Morgan fingerprint density at radius 3 is 2.74 bits per heavy atom. The molecule has 1 N–H and O–H groups in total. The first-order valence-electron chi connectivity index (χ1n) is 8.61. The highest BCUT2D eigenvalue weighted by atomic mass is 19.1. The molecule has 27 heavy (non-hydrogen) atoms. The topological polar surface area (TPSA) is 67.9 Å². The number of carbonyl (C=O) groups excluding carboxylic acids is 2. The number of nitrogens with zero attached hydrogens (tertiary/aromatic N) is 1. The zero-order valence-corrected chi connectivity index (χ0v) is 15.0. The number of hydrogen-bond acceptors (Lipinski definition) is 4. The number of halogens is 1. The second kappa shape index (κ2) is 8.64. The average Bonchev–Trinajstić information content (AvgIpc) is 3.07. The Labute approximate surface area is 156 Å². The fraction of sp³-hybridized carbons (Fsp3) is 0.300. The van der Waals surface area contributed by atoms with Crippen molar-refractivity contribution in [3.8, 4) is 5.75 Å². The maximum atomic E-state index is 13.2. The van der Waals surface area contributed by atoms with E-state index in [-0.39, 0.29) is 37.4 Å². The molecule has 1 aliphatic rings. The quantitative estimate of drug-likeness (QED) is 0.759. The number of benzene rings is 2. The monoisotopic (exact) mass is 372 g/mol. The molecule has 1 saturated heterocycles. The van der Waals surface area contributed by atoms with E-state index in [1.54, 1.807) is 41.3 Å². The molecule has 1 atom stereocenters. The van der Waals surface area contributed by atoms with Crippen molar-refractivity contribution in [3.63, 3.8) is 0 Å². The van der Waals surface area contributed by atoms with Crippen LogP contribution in [0.2, 0.25) is 0 Å². The number of amides is 2. The second-order valence-electron chi connectivity index (χ2n) is 6.29. The van der Waals surface area contributed by atoms with Crippen LogP contribution in [0.4, 0.5) is 10.1 Å². The summed E-state index contributed by atoms with van der Waals surface area (Å²) >= 11 is 0. The normalized spacial score (nSPS) is 16.4. The summed E-state index contributed by atoms with van der Waals surface area (Å²) in [6.07, 6.45) is 0.174. The molecule has 0 radical (unpaired) electrons. The van der Waals surface area contributed by atoms with Crippen molar-refractivity contribution >= 4 is 17.5 Å². The number of nitrogens with one attached hydrogen (secondary N) is 1. The summed E-state index contributed by atoms with van der Waals surface area (Å²) < 4.78 is 23.7. The van der Waals surface area contributed by atoms with Crippen LogP contribution < -0.4 is 15.0 Å². The van der Waals surface area contributed by atoms with E-state index in [2.05, 4.69) is 5.32 Å². The fourth-order valence-corrected chi connectivity index (χ4v) is 2.94. The van der Waals surface area contributed by atoms with Crippen LogP contribution in [-0.2, 0) is 20.9 Å². The number of anilines is 1. The van der Waals surface area contributed by atoms with Crippen molar-refractivity contribution in [1.82, 2.24) is 5.32 Å². The van der Waals surface area contributed by atoms with E-state index in [0.29, 0.717) is 18.0 Å². The van der Waals surface area contributed by atoms with Gasteiger partial charge in [-0.25, -0.2) is 4.39 Å². The smallest absolute Gasteiger partial charge is 0.227 e. The van der Waals surface area contributed by atoms with Gasteiger partial charge >= 0.3 is 0 Å². The lowest BCUT2D eigenvalue weighted by Gasteiger charge is -2.17. The third-order valence-corrected chi connectivity index (χ3v) is 4.33. The molecule has 142 valence electrons. The van der Waals surface area contributed by atoms with Gasteiger partial charge in [0, 0.05) is 25.8 Å². The predicted octanol–water partition coefficient (Wildman–Crippen LogP) is 2.48. The Hall–Kier alpha value is -2.93.